The van der Waals surface area contributed by atoms with Gasteiger partial charge in [-0.1, -0.05) is 39.5 Å². The van der Waals surface area contributed by atoms with Crippen molar-refractivity contribution in [2.24, 2.45) is 5.41 Å². The van der Waals surface area contributed by atoms with Crippen LogP contribution in [0.15, 0.2) is 0 Å². The molecule has 0 aromatic heterocycles. The molecule has 3 N–H and O–H groups in total. The van der Waals surface area contributed by atoms with Crippen molar-refractivity contribution in [2.45, 2.75) is 71.3 Å². The predicted octanol–water partition coefficient (Wildman–Crippen LogP) is 2.90. The number of urea groups is 1. The van der Waals surface area contributed by atoms with Crippen LogP contribution in [-0.2, 0) is 4.79 Å². The number of carboxylic acid groups (broad SMARTS) is 1. The molecule has 0 aromatic rings. The molecule has 1 aliphatic rings. The molecule has 116 valence electrons. The number of amides is 2. The van der Waals surface area contributed by atoms with Gasteiger partial charge in [0.1, 0.15) is 0 Å². The zero-order valence-electron chi connectivity index (χ0n) is 12.7. The Balaban J connectivity index is 2.54. The van der Waals surface area contributed by atoms with Crippen molar-refractivity contribution in [1.29, 1.82) is 0 Å². The van der Waals surface area contributed by atoms with Crippen LogP contribution in [0.2, 0.25) is 0 Å². The van der Waals surface area contributed by atoms with Crippen LogP contribution in [-0.4, -0.2) is 29.7 Å². The second-order valence-electron chi connectivity index (χ2n) is 5.84. The van der Waals surface area contributed by atoms with Crippen molar-refractivity contribution in [2.75, 3.05) is 6.54 Å². The molecule has 1 fully saturated rings. The van der Waals surface area contributed by atoms with Crippen LogP contribution >= 0.6 is 0 Å². The van der Waals surface area contributed by atoms with Crippen molar-refractivity contribution in [1.82, 2.24) is 10.6 Å². The van der Waals surface area contributed by atoms with Gasteiger partial charge in [-0.15, -0.1) is 0 Å². The molecule has 0 atom stereocenters. The predicted molar refractivity (Wildman–Crippen MR) is 78.7 cm³/mol. The van der Waals surface area contributed by atoms with Crippen molar-refractivity contribution in [3.05, 3.63) is 0 Å². The molecule has 5 nitrogen and oxygen atoms in total. The molecule has 0 heterocycles. The highest BCUT2D eigenvalue weighted by atomic mass is 16.4. The summed E-state index contributed by atoms with van der Waals surface area (Å²) in [5, 5.41) is 15.2. The van der Waals surface area contributed by atoms with Gasteiger partial charge < -0.3 is 15.7 Å². The van der Waals surface area contributed by atoms with E-state index < -0.39 is 11.4 Å². The van der Waals surface area contributed by atoms with Crippen LogP contribution in [0.1, 0.15) is 65.2 Å². The van der Waals surface area contributed by atoms with Gasteiger partial charge in [-0.05, 0) is 25.7 Å². The largest absolute Gasteiger partial charge is 0.481 e. The Morgan fingerprint density at radius 1 is 1.10 bits per heavy atom. The molecule has 0 bridgehead atoms. The number of carbonyl (C=O) groups excluding carboxylic acids is 1. The van der Waals surface area contributed by atoms with Crippen molar-refractivity contribution >= 4 is 12.0 Å². The Labute approximate surface area is 121 Å². The highest BCUT2D eigenvalue weighted by Crippen LogP contribution is 2.34. The molecule has 20 heavy (non-hydrogen) atoms. The summed E-state index contributed by atoms with van der Waals surface area (Å²) in [4.78, 5) is 23.5. The Bertz CT molecular complexity index is 319. The van der Waals surface area contributed by atoms with Gasteiger partial charge in [-0.3, -0.25) is 4.79 Å². The van der Waals surface area contributed by atoms with E-state index in [-0.39, 0.29) is 18.6 Å². The van der Waals surface area contributed by atoms with Crippen LogP contribution in [0, 0.1) is 5.41 Å². The first kappa shape index (κ1) is 16.8. The first-order valence-electron chi connectivity index (χ1n) is 7.82. The van der Waals surface area contributed by atoms with E-state index in [4.69, 9.17) is 0 Å². The molecule has 1 saturated carbocycles. The van der Waals surface area contributed by atoms with Crippen molar-refractivity contribution in [3.8, 4) is 0 Å². The third-order valence-corrected chi connectivity index (χ3v) is 4.42. The van der Waals surface area contributed by atoms with Gasteiger partial charge >= 0.3 is 12.0 Å². The van der Waals surface area contributed by atoms with Gasteiger partial charge in [0.05, 0.1) is 5.41 Å². The summed E-state index contributed by atoms with van der Waals surface area (Å²) in [6.07, 6.45) is 7.14. The van der Waals surface area contributed by atoms with Crippen LogP contribution in [0.3, 0.4) is 0 Å². The maximum atomic E-state index is 11.8. The summed E-state index contributed by atoms with van der Waals surface area (Å²) >= 11 is 0. The van der Waals surface area contributed by atoms with Crippen molar-refractivity contribution < 1.29 is 14.7 Å². The number of carbonyl (C=O) groups is 2. The van der Waals surface area contributed by atoms with Gasteiger partial charge in [-0.2, -0.15) is 0 Å². The standard InChI is InChI=1S/C15H28N2O3/c1-3-12(4-2)17-14(20)16-11-15(13(18)19)9-7-5-6-8-10-15/h12H,3-11H2,1-2H3,(H,18,19)(H2,16,17,20). The smallest absolute Gasteiger partial charge is 0.315 e. The fourth-order valence-electron chi connectivity index (χ4n) is 2.85. The fourth-order valence-corrected chi connectivity index (χ4v) is 2.85. The number of hydrogen-bond donors (Lipinski definition) is 3. The summed E-state index contributed by atoms with van der Waals surface area (Å²) in [5.41, 5.74) is -0.776. The lowest BCUT2D eigenvalue weighted by Crippen LogP contribution is -2.48. The number of hydrogen-bond acceptors (Lipinski definition) is 2. The maximum Gasteiger partial charge on any atom is 0.315 e. The number of nitrogens with one attached hydrogen (secondary N) is 2. The summed E-state index contributed by atoms with van der Waals surface area (Å²) in [7, 11) is 0. The van der Waals surface area contributed by atoms with Gasteiger partial charge in [0.25, 0.3) is 0 Å². The molecule has 0 aliphatic heterocycles. The lowest BCUT2D eigenvalue weighted by Gasteiger charge is -2.28. The van der Waals surface area contributed by atoms with E-state index in [0.29, 0.717) is 12.8 Å². The number of carboxylic acids is 1. The quantitative estimate of drug-likeness (QED) is 0.656. The second kappa shape index (κ2) is 8.12. The zero-order valence-corrected chi connectivity index (χ0v) is 12.7. The van der Waals surface area contributed by atoms with E-state index in [1.165, 1.54) is 0 Å². The lowest BCUT2D eigenvalue weighted by atomic mass is 9.80. The van der Waals surface area contributed by atoms with Crippen LogP contribution in [0.5, 0.6) is 0 Å². The van der Waals surface area contributed by atoms with Gasteiger partial charge in [0, 0.05) is 12.6 Å². The average Bonchev–Trinajstić information content (AvgIpc) is 2.69. The molecule has 2 amide bonds. The molecule has 0 aromatic carbocycles. The van der Waals surface area contributed by atoms with Gasteiger partial charge in [0.2, 0.25) is 0 Å². The SMILES string of the molecule is CCC(CC)NC(=O)NCC1(C(=O)O)CCCCCC1. The van der Waals surface area contributed by atoms with E-state index in [1.807, 2.05) is 13.8 Å². The van der Waals surface area contributed by atoms with Gasteiger partial charge in [0.15, 0.2) is 0 Å². The summed E-state index contributed by atoms with van der Waals surface area (Å²) in [5.74, 6) is -0.776. The molecule has 0 radical (unpaired) electrons. The lowest BCUT2D eigenvalue weighted by molar-refractivity contribution is -0.149. The molecule has 0 saturated heterocycles. The molecule has 0 spiro atoms. The normalized spacial score (nSPS) is 18.4. The highest BCUT2D eigenvalue weighted by molar-refractivity contribution is 5.78. The number of rotatable bonds is 6. The van der Waals surface area contributed by atoms with Crippen LogP contribution in [0.4, 0.5) is 4.79 Å². The van der Waals surface area contributed by atoms with E-state index in [0.717, 1.165) is 38.5 Å². The van der Waals surface area contributed by atoms with Gasteiger partial charge in [-0.25, -0.2) is 4.79 Å². The Morgan fingerprint density at radius 3 is 2.10 bits per heavy atom. The van der Waals surface area contributed by atoms with E-state index in [1.54, 1.807) is 0 Å². The first-order valence-corrected chi connectivity index (χ1v) is 7.82. The first-order chi connectivity index (χ1) is 9.54. The van der Waals surface area contributed by atoms with E-state index in [2.05, 4.69) is 10.6 Å². The summed E-state index contributed by atoms with van der Waals surface area (Å²) in [6, 6.07) is -0.0894. The molecule has 5 heteroatoms. The molecular formula is C15H28N2O3. The second-order valence-corrected chi connectivity index (χ2v) is 5.84. The van der Waals surface area contributed by atoms with E-state index >= 15 is 0 Å². The monoisotopic (exact) mass is 284 g/mol. The zero-order chi connectivity index (χ0) is 15.0. The molecule has 0 unspecified atom stereocenters. The molecule has 1 aliphatic carbocycles. The average molecular weight is 284 g/mol. The fraction of sp³-hybridized carbons (Fsp3) is 0.867. The van der Waals surface area contributed by atoms with Crippen molar-refractivity contribution in [3.63, 3.8) is 0 Å². The molecular weight excluding hydrogens is 256 g/mol. The third-order valence-electron chi connectivity index (χ3n) is 4.42. The minimum atomic E-state index is -0.776. The van der Waals surface area contributed by atoms with Crippen LogP contribution in [0.25, 0.3) is 0 Å². The highest BCUT2D eigenvalue weighted by Gasteiger charge is 2.38. The summed E-state index contributed by atoms with van der Waals surface area (Å²) < 4.78 is 0. The third kappa shape index (κ3) is 4.69. The Kier molecular flexibility index (Phi) is 6.82. The minimum absolute atomic E-state index is 0.157. The van der Waals surface area contributed by atoms with Crippen LogP contribution < -0.4 is 10.6 Å². The summed E-state index contributed by atoms with van der Waals surface area (Å²) in [6.45, 7) is 4.28. The topological polar surface area (TPSA) is 78.4 Å². The maximum absolute atomic E-state index is 11.8. The minimum Gasteiger partial charge on any atom is -0.481 e. The molecule has 1 rings (SSSR count). The van der Waals surface area contributed by atoms with E-state index in [9.17, 15) is 14.7 Å². The number of aliphatic carboxylic acids is 1. The Morgan fingerprint density at radius 2 is 1.65 bits per heavy atom. The Hall–Kier alpha value is -1.26.